The third-order valence-corrected chi connectivity index (χ3v) is 9.20. The molecule has 0 aromatic heterocycles. The highest BCUT2D eigenvalue weighted by molar-refractivity contribution is 6.55. The molecule has 2 rings (SSSR count). The Morgan fingerprint density at radius 2 is 1.28 bits per heavy atom. The van der Waals surface area contributed by atoms with Gasteiger partial charge in [0.15, 0.2) is 0 Å². The van der Waals surface area contributed by atoms with Gasteiger partial charge in [-0.05, 0) is 0 Å². The molecule has 5 atom stereocenters. The minimum atomic E-state index is -1.30. The van der Waals surface area contributed by atoms with Gasteiger partial charge >= 0.3 is 0 Å². The lowest BCUT2D eigenvalue weighted by Crippen LogP contribution is -2.56. The first kappa shape index (κ1) is 16.7. The molecule has 18 heavy (non-hydrogen) atoms. The highest BCUT2D eigenvalue weighted by Gasteiger charge is 2.83. The maximum absolute atomic E-state index is 6.46. The van der Waals surface area contributed by atoms with Gasteiger partial charge in [-0.1, -0.05) is 23.2 Å². The minimum Gasteiger partial charge on any atom is -0.126 e. The number of halogens is 8. The molecule has 0 N–H and O–H groups in total. The first-order chi connectivity index (χ1) is 8.28. The van der Waals surface area contributed by atoms with Crippen molar-refractivity contribution in [2.24, 2.45) is 16.7 Å². The SMILES string of the molecule is ClCC1(CCl)[C@@H]2[C@@H](Cl)[C@H](Cl)[C@@]1(CCl)C(Cl)(Cl)[C@@H]2Cl. The van der Waals surface area contributed by atoms with Crippen LogP contribution in [0.2, 0.25) is 0 Å². The first-order valence-electron chi connectivity index (χ1n) is 5.26. The largest absolute Gasteiger partial charge is 0.143 e. The van der Waals surface area contributed by atoms with Gasteiger partial charge in [0.2, 0.25) is 0 Å². The first-order valence-corrected chi connectivity index (χ1v) is 8.93. The molecule has 0 saturated heterocycles. The fourth-order valence-electron chi connectivity index (χ4n) is 3.51. The van der Waals surface area contributed by atoms with Crippen LogP contribution in [0.3, 0.4) is 0 Å². The van der Waals surface area contributed by atoms with Crippen molar-refractivity contribution in [2.45, 2.75) is 20.5 Å². The van der Waals surface area contributed by atoms with Crippen molar-refractivity contribution in [1.29, 1.82) is 0 Å². The molecule has 0 heterocycles. The normalized spacial score (nSPS) is 48.7. The van der Waals surface area contributed by atoms with Crippen molar-refractivity contribution in [3.05, 3.63) is 0 Å². The lowest BCUT2D eigenvalue weighted by atomic mass is 9.70. The maximum atomic E-state index is 6.46. The lowest BCUT2D eigenvalue weighted by molar-refractivity contribution is 0.160. The third-order valence-electron chi connectivity index (χ3n) is 4.56. The molecule has 106 valence electrons. The molecule has 0 aromatic carbocycles. The van der Waals surface area contributed by atoms with Gasteiger partial charge in [-0.3, -0.25) is 0 Å². The summed E-state index contributed by atoms with van der Waals surface area (Å²) in [5, 5.41) is -1.52. The number of hydrogen-bond acceptors (Lipinski definition) is 0. The zero-order chi connectivity index (χ0) is 13.9. The number of fused-ring (bicyclic) bond motifs is 2. The Bertz CT molecular complexity index is 341. The van der Waals surface area contributed by atoms with Crippen LogP contribution in [0.25, 0.3) is 0 Å². The summed E-state index contributed by atoms with van der Waals surface area (Å²) in [4.78, 5) is 0. The summed E-state index contributed by atoms with van der Waals surface area (Å²) in [7, 11) is 0. The van der Waals surface area contributed by atoms with Crippen LogP contribution in [-0.2, 0) is 0 Å². The number of rotatable bonds is 3. The van der Waals surface area contributed by atoms with Gasteiger partial charge < -0.3 is 0 Å². The Hall–Kier alpha value is 2.32. The van der Waals surface area contributed by atoms with E-state index in [0.29, 0.717) is 0 Å². The summed E-state index contributed by atoms with van der Waals surface area (Å²) in [6.07, 6.45) is 0. The van der Waals surface area contributed by atoms with Gasteiger partial charge in [0.05, 0.1) is 16.1 Å². The van der Waals surface area contributed by atoms with Crippen LogP contribution in [-0.4, -0.2) is 38.1 Å². The quantitative estimate of drug-likeness (QED) is 0.550. The average molecular weight is 414 g/mol. The van der Waals surface area contributed by atoms with Crippen LogP contribution < -0.4 is 0 Å². The third kappa shape index (κ3) is 1.56. The van der Waals surface area contributed by atoms with E-state index in [1.807, 2.05) is 0 Å². The molecule has 0 unspecified atom stereocenters. The van der Waals surface area contributed by atoms with E-state index in [2.05, 4.69) is 0 Å². The van der Waals surface area contributed by atoms with E-state index in [1.165, 1.54) is 0 Å². The molecular formula is C10H10Cl8. The zero-order valence-electron chi connectivity index (χ0n) is 8.95. The topological polar surface area (TPSA) is 0 Å². The van der Waals surface area contributed by atoms with Gasteiger partial charge in [-0.2, -0.15) is 0 Å². The lowest BCUT2D eigenvalue weighted by Gasteiger charge is -2.47. The molecular weight excluding hydrogens is 404 g/mol. The zero-order valence-corrected chi connectivity index (χ0v) is 15.0. The molecule has 0 radical (unpaired) electrons. The highest BCUT2D eigenvalue weighted by Crippen LogP contribution is 2.77. The van der Waals surface area contributed by atoms with E-state index in [0.717, 1.165) is 0 Å². The average Bonchev–Trinajstić information content (AvgIpc) is 2.63. The second kappa shape index (κ2) is 5.20. The van der Waals surface area contributed by atoms with E-state index in [-0.39, 0.29) is 23.6 Å². The van der Waals surface area contributed by atoms with Crippen LogP contribution in [0, 0.1) is 16.7 Å². The monoisotopic (exact) mass is 410 g/mol. The van der Waals surface area contributed by atoms with Crippen molar-refractivity contribution in [3.63, 3.8) is 0 Å². The van der Waals surface area contributed by atoms with Gasteiger partial charge in [-0.15, -0.1) is 69.6 Å². The molecule has 0 amide bonds. The summed E-state index contributed by atoms with van der Waals surface area (Å²) in [5.41, 5.74) is -1.56. The molecule has 0 nitrogen and oxygen atoms in total. The molecule has 0 aromatic rings. The molecule has 8 heteroatoms. The molecule has 0 spiro atoms. The summed E-state index contributed by atoms with van der Waals surface area (Å²) in [6, 6.07) is 0. The van der Waals surface area contributed by atoms with Crippen molar-refractivity contribution in [2.75, 3.05) is 17.6 Å². The minimum absolute atomic E-state index is 0.108. The summed E-state index contributed by atoms with van der Waals surface area (Å²) in [5.74, 6) is 0.263. The molecule has 2 fully saturated rings. The van der Waals surface area contributed by atoms with Crippen LogP contribution in [0.4, 0.5) is 0 Å². The fourth-order valence-corrected chi connectivity index (χ4v) is 8.51. The summed E-state index contributed by atoms with van der Waals surface area (Å²) in [6.45, 7) is 0. The Morgan fingerprint density at radius 1 is 0.778 bits per heavy atom. The number of hydrogen-bond donors (Lipinski definition) is 0. The van der Waals surface area contributed by atoms with Crippen LogP contribution in [0.1, 0.15) is 0 Å². The summed E-state index contributed by atoms with van der Waals surface area (Å²) >= 11 is 50.6. The van der Waals surface area contributed by atoms with E-state index in [9.17, 15) is 0 Å². The van der Waals surface area contributed by atoms with E-state index in [1.54, 1.807) is 0 Å². The van der Waals surface area contributed by atoms with Gasteiger partial charge in [0.25, 0.3) is 0 Å². The van der Waals surface area contributed by atoms with E-state index in [4.69, 9.17) is 92.8 Å². The fraction of sp³-hybridized carbons (Fsp3) is 1.00. The molecule has 2 saturated carbocycles. The molecule has 2 bridgehead atoms. The summed E-state index contributed by atoms with van der Waals surface area (Å²) < 4.78 is -1.30. The Morgan fingerprint density at radius 3 is 1.61 bits per heavy atom. The van der Waals surface area contributed by atoms with Crippen LogP contribution in [0.5, 0.6) is 0 Å². The smallest absolute Gasteiger partial charge is 0.126 e. The predicted octanol–water partition coefficient (Wildman–Crippen LogP) is 5.32. The molecule has 0 aliphatic heterocycles. The van der Waals surface area contributed by atoms with Gasteiger partial charge in [0.1, 0.15) is 4.33 Å². The standard InChI is InChI=1S/C10H10Cl8/c11-1-8(2-12)4-5(14)7(16)9(8,3-13)10(17,18)6(4)15/h4-7H,1-3H2/t4-,5-,6-,7+,9-/m1/s1. The second-order valence-corrected chi connectivity index (χ2v) is 8.56. The van der Waals surface area contributed by atoms with Crippen molar-refractivity contribution < 1.29 is 0 Å². The van der Waals surface area contributed by atoms with Crippen molar-refractivity contribution >= 4 is 92.8 Å². The van der Waals surface area contributed by atoms with Crippen molar-refractivity contribution in [1.82, 2.24) is 0 Å². The second-order valence-electron chi connectivity index (χ2n) is 4.93. The van der Waals surface area contributed by atoms with Gasteiger partial charge in [-0.25, -0.2) is 0 Å². The van der Waals surface area contributed by atoms with Crippen LogP contribution in [0.15, 0.2) is 0 Å². The van der Waals surface area contributed by atoms with Crippen molar-refractivity contribution in [3.8, 4) is 0 Å². The Balaban J connectivity index is 2.70. The maximum Gasteiger partial charge on any atom is 0.143 e. The van der Waals surface area contributed by atoms with E-state index < -0.39 is 31.3 Å². The Labute approximate surface area is 146 Å². The van der Waals surface area contributed by atoms with Crippen LogP contribution >= 0.6 is 92.8 Å². The Kier molecular flexibility index (Phi) is 4.82. The molecule has 2 aliphatic carbocycles. The van der Waals surface area contributed by atoms with E-state index >= 15 is 0 Å². The predicted molar refractivity (Wildman–Crippen MR) is 83.9 cm³/mol. The molecule has 2 aliphatic rings. The highest BCUT2D eigenvalue weighted by atomic mass is 35.5. The van der Waals surface area contributed by atoms with Gasteiger partial charge in [0, 0.05) is 34.4 Å². The number of alkyl halides is 8.